The minimum atomic E-state index is -0.655. The van der Waals surface area contributed by atoms with E-state index in [2.05, 4.69) is 0 Å². The van der Waals surface area contributed by atoms with Crippen molar-refractivity contribution in [3.05, 3.63) is 29.8 Å². The summed E-state index contributed by atoms with van der Waals surface area (Å²) in [6.07, 6.45) is 5.08. The highest BCUT2D eigenvalue weighted by Gasteiger charge is 2.30. The van der Waals surface area contributed by atoms with E-state index >= 15 is 0 Å². The van der Waals surface area contributed by atoms with Crippen LogP contribution in [0.15, 0.2) is 24.3 Å². The van der Waals surface area contributed by atoms with Gasteiger partial charge in [0, 0.05) is 0 Å². The van der Waals surface area contributed by atoms with Crippen LogP contribution >= 0.6 is 0 Å². The van der Waals surface area contributed by atoms with Crippen molar-refractivity contribution in [2.24, 2.45) is 5.92 Å². The molecule has 0 amide bonds. The predicted molar refractivity (Wildman–Crippen MR) is 69.9 cm³/mol. The maximum absolute atomic E-state index is 11.4. The van der Waals surface area contributed by atoms with E-state index in [9.17, 15) is 9.90 Å². The number of rotatable bonds is 3. The van der Waals surface area contributed by atoms with Crippen molar-refractivity contribution in [2.45, 2.75) is 38.0 Å². The monoisotopic (exact) mass is 248 g/mol. The second-order valence-electron chi connectivity index (χ2n) is 4.96. The average Bonchev–Trinajstić information content (AvgIpc) is 2.64. The lowest BCUT2D eigenvalue weighted by molar-refractivity contribution is -0.142. The van der Waals surface area contributed by atoms with Gasteiger partial charge in [0.25, 0.3) is 0 Å². The molecule has 2 atom stereocenters. The number of methoxy groups -OCH3 is 1. The van der Waals surface area contributed by atoms with E-state index in [1.165, 1.54) is 0 Å². The Hall–Kier alpha value is -1.51. The highest BCUT2D eigenvalue weighted by molar-refractivity contribution is 5.71. The van der Waals surface area contributed by atoms with Crippen molar-refractivity contribution < 1.29 is 14.6 Å². The molecule has 0 aliphatic heterocycles. The number of ether oxygens (including phenoxy) is 1. The summed E-state index contributed by atoms with van der Waals surface area (Å²) in [4.78, 5) is 11.4. The molecule has 2 rings (SSSR count). The molecule has 0 heterocycles. The standard InChI is InChI=1S/C15H20O3/c1-18-12-9-7-11(8-10-12)13-5-3-2-4-6-14(13)15(16)17/h7-10,13-14H,2-6H2,1H3,(H,16,17). The number of carbonyl (C=O) groups is 1. The van der Waals surface area contributed by atoms with Crippen LogP contribution in [-0.2, 0) is 4.79 Å². The van der Waals surface area contributed by atoms with Crippen molar-refractivity contribution in [2.75, 3.05) is 7.11 Å². The van der Waals surface area contributed by atoms with Gasteiger partial charge in [-0.25, -0.2) is 0 Å². The molecule has 0 aromatic heterocycles. The Morgan fingerprint density at radius 2 is 1.83 bits per heavy atom. The summed E-state index contributed by atoms with van der Waals surface area (Å²) in [6.45, 7) is 0. The van der Waals surface area contributed by atoms with E-state index < -0.39 is 5.97 Å². The van der Waals surface area contributed by atoms with Gasteiger partial charge in [-0.05, 0) is 36.5 Å². The Balaban J connectivity index is 2.23. The smallest absolute Gasteiger partial charge is 0.307 e. The minimum absolute atomic E-state index is 0.149. The first kappa shape index (κ1) is 12.9. The van der Waals surface area contributed by atoms with Crippen LogP contribution in [0.3, 0.4) is 0 Å². The highest BCUT2D eigenvalue weighted by Crippen LogP contribution is 2.37. The number of hydrogen-bond acceptors (Lipinski definition) is 2. The molecular weight excluding hydrogens is 228 g/mol. The third-order valence-electron chi connectivity index (χ3n) is 3.88. The summed E-state index contributed by atoms with van der Waals surface area (Å²) in [5, 5.41) is 9.37. The Labute approximate surface area is 108 Å². The topological polar surface area (TPSA) is 46.5 Å². The molecule has 1 aromatic rings. The molecule has 1 aliphatic carbocycles. The van der Waals surface area contributed by atoms with E-state index in [0.717, 1.165) is 43.4 Å². The zero-order valence-electron chi connectivity index (χ0n) is 10.8. The molecule has 0 spiro atoms. The number of benzene rings is 1. The van der Waals surface area contributed by atoms with Crippen LogP contribution < -0.4 is 4.74 Å². The Kier molecular flexibility index (Phi) is 4.24. The second-order valence-corrected chi connectivity index (χ2v) is 4.96. The Morgan fingerprint density at radius 3 is 2.44 bits per heavy atom. The number of aliphatic carboxylic acids is 1. The third kappa shape index (κ3) is 2.84. The van der Waals surface area contributed by atoms with E-state index in [1.807, 2.05) is 24.3 Å². The fourth-order valence-corrected chi connectivity index (χ4v) is 2.85. The molecule has 0 saturated heterocycles. The van der Waals surface area contributed by atoms with Crippen molar-refractivity contribution in [1.29, 1.82) is 0 Å². The normalized spacial score (nSPS) is 24.3. The van der Waals surface area contributed by atoms with Crippen molar-refractivity contribution in [3.8, 4) is 5.75 Å². The lowest BCUT2D eigenvalue weighted by Crippen LogP contribution is -2.21. The highest BCUT2D eigenvalue weighted by atomic mass is 16.5. The first-order chi connectivity index (χ1) is 8.72. The molecule has 1 fully saturated rings. The quantitative estimate of drug-likeness (QED) is 0.833. The van der Waals surface area contributed by atoms with Gasteiger partial charge >= 0.3 is 5.97 Å². The Bertz CT molecular complexity index is 397. The fourth-order valence-electron chi connectivity index (χ4n) is 2.85. The van der Waals surface area contributed by atoms with Gasteiger partial charge in [-0.2, -0.15) is 0 Å². The molecule has 98 valence electrons. The van der Waals surface area contributed by atoms with Crippen LogP contribution in [-0.4, -0.2) is 18.2 Å². The van der Waals surface area contributed by atoms with Gasteiger partial charge in [0.1, 0.15) is 5.75 Å². The molecule has 18 heavy (non-hydrogen) atoms. The molecule has 1 aliphatic rings. The van der Waals surface area contributed by atoms with Crippen LogP contribution in [0.1, 0.15) is 43.6 Å². The first-order valence-corrected chi connectivity index (χ1v) is 6.59. The molecule has 3 nitrogen and oxygen atoms in total. The lowest BCUT2D eigenvalue weighted by atomic mass is 9.82. The third-order valence-corrected chi connectivity index (χ3v) is 3.88. The maximum Gasteiger partial charge on any atom is 0.307 e. The largest absolute Gasteiger partial charge is 0.497 e. The van der Waals surface area contributed by atoms with Gasteiger partial charge in [0.2, 0.25) is 0 Å². The summed E-state index contributed by atoms with van der Waals surface area (Å²) >= 11 is 0. The SMILES string of the molecule is COc1ccc(C2CCCCCC2C(=O)O)cc1. The van der Waals surface area contributed by atoms with E-state index in [1.54, 1.807) is 7.11 Å². The van der Waals surface area contributed by atoms with Crippen molar-refractivity contribution in [1.82, 2.24) is 0 Å². The average molecular weight is 248 g/mol. The van der Waals surface area contributed by atoms with Crippen LogP contribution in [0, 0.1) is 5.92 Å². The van der Waals surface area contributed by atoms with E-state index in [0.29, 0.717) is 0 Å². The van der Waals surface area contributed by atoms with Gasteiger partial charge < -0.3 is 9.84 Å². The molecule has 2 unspecified atom stereocenters. The van der Waals surface area contributed by atoms with E-state index in [-0.39, 0.29) is 11.8 Å². The first-order valence-electron chi connectivity index (χ1n) is 6.59. The second kappa shape index (κ2) is 5.89. The zero-order valence-corrected chi connectivity index (χ0v) is 10.8. The van der Waals surface area contributed by atoms with Crippen LogP contribution in [0.25, 0.3) is 0 Å². The summed E-state index contributed by atoms with van der Waals surface area (Å²) in [6, 6.07) is 7.84. The summed E-state index contributed by atoms with van der Waals surface area (Å²) in [7, 11) is 1.64. The molecule has 0 radical (unpaired) electrons. The molecule has 3 heteroatoms. The Morgan fingerprint density at radius 1 is 1.17 bits per heavy atom. The number of carboxylic acid groups (broad SMARTS) is 1. The van der Waals surface area contributed by atoms with Crippen molar-refractivity contribution in [3.63, 3.8) is 0 Å². The molecule has 0 bridgehead atoms. The molecular formula is C15H20O3. The maximum atomic E-state index is 11.4. The molecule has 1 saturated carbocycles. The number of carboxylic acids is 1. The zero-order chi connectivity index (χ0) is 13.0. The van der Waals surface area contributed by atoms with Crippen LogP contribution in [0.2, 0.25) is 0 Å². The van der Waals surface area contributed by atoms with Gasteiger partial charge in [-0.15, -0.1) is 0 Å². The lowest BCUT2D eigenvalue weighted by Gasteiger charge is -2.22. The molecule has 1 aromatic carbocycles. The molecule has 1 N–H and O–H groups in total. The predicted octanol–water partition coefficient (Wildman–Crippen LogP) is 3.44. The summed E-state index contributed by atoms with van der Waals surface area (Å²) in [5.41, 5.74) is 1.13. The summed E-state index contributed by atoms with van der Waals surface area (Å²) in [5.74, 6) is 0.0776. The number of hydrogen-bond donors (Lipinski definition) is 1. The van der Waals surface area contributed by atoms with Gasteiger partial charge in [-0.1, -0.05) is 31.4 Å². The fraction of sp³-hybridized carbons (Fsp3) is 0.533. The summed E-state index contributed by atoms with van der Waals surface area (Å²) < 4.78 is 5.14. The van der Waals surface area contributed by atoms with Gasteiger partial charge in [0.15, 0.2) is 0 Å². The minimum Gasteiger partial charge on any atom is -0.497 e. The van der Waals surface area contributed by atoms with Gasteiger partial charge in [-0.3, -0.25) is 4.79 Å². The van der Waals surface area contributed by atoms with Crippen LogP contribution in [0.4, 0.5) is 0 Å². The van der Waals surface area contributed by atoms with Crippen LogP contribution in [0.5, 0.6) is 5.75 Å². The van der Waals surface area contributed by atoms with E-state index in [4.69, 9.17) is 4.74 Å². The van der Waals surface area contributed by atoms with Crippen molar-refractivity contribution >= 4 is 5.97 Å². The van der Waals surface area contributed by atoms with Gasteiger partial charge in [0.05, 0.1) is 13.0 Å².